The Hall–Kier alpha value is -2.61. The molecule has 0 N–H and O–H groups in total. The van der Waals surface area contributed by atoms with Crippen molar-refractivity contribution in [3.63, 3.8) is 0 Å². The highest BCUT2D eigenvalue weighted by molar-refractivity contribution is 6.29. The second kappa shape index (κ2) is 9.04. The predicted octanol–water partition coefficient (Wildman–Crippen LogP) is 4.26. The number of carbonyl (C=O) groups is 2. The summed E-state index contributed by atoms with van der Waals surface area (Å²) in [6.07, 6.45) is -1.80. The van der Waals surface area contributed by atoms with Gasteiger partial charge in [-0.1, -0.05) is 17.7 Å². The summed E-state index contributed by atoms with van der Waals surface area (Å²) in [7, 11) is 1.72. The molecule has 0 spiro atoms. The molecule has 3 rings (SSSR count). The Balaban J connectivity index is 1.54. The highest BCUT2D eigenvalue weighted by Crippen LogP contribution is 2.29. The van der Waals surface area contributed by atoms with Gasteiger partial charge in [0.1, 0.15) is 5.15 Å². The summed E-state index contributed by atoms with van der Waals surface area (Å²) in [6.45, 7) is 1.17. The van der Waals surface area contributed by atoms with Gasteiger partial charge in [-0.3, -0.25) is 9.59 Å². The number of carbonyl (C=O) groups excluding carboxylic acids is 2. The Morgan fingerprint density at radius 1 is 1.13 bits per heavy atom. The van der Waals surface area contributed by atoms with Crippen LogP contribution in [0.4, 0.5) is 13.2 Å². The Kier molecular flexibility index (Phi) is 6.65. The molecule has 1 aliphatic heterocycles. The van der Waals surface area contributed by atoms with Crippen molar-refractivity contribution in [1.29, 1.82) is 0 Å². The van der Waals surface area contributed by atoms with Crippen molar-refractivity contribution in [1.82, 2.24) is 14.8 Å². The van der Waals surface area contributed by atoms with E-state index in [9.17, 15) is 22.8 Å². The Morgan fingerprint density at radius 2 is 1.77 bits per heavy atom. The molecule has 1 aliphatic rings. The number of aromatic nitrogens is 1. The number of hydrogen-bond donors (Lipinski definition) is 0. The Labute approximate surface area is 177 Å². The number of piperidine rings is 1. The number of likely N-dealkylation sites (tertiary alicyclic amines) is 1. The van der Waals surface area contributed by atoms with Crippen LogP contribution >= 0.6 is 11.6 Å². The molecule has 1 aromatic heterocycles. The third-order valence-corrected chi connectivity index (χ3v) is 5.40. The molecule has 0 unspecified atom stereocenters. The third kappa shape index (κ3) is 5.30. The first-order valence-corrected chi connectivity index (χ1v) is 9.85. The zero-order valence-electron chi connectivity index (χ0n) is 16.3. The van der Waals surface area contributed by atoms with E-state index in [1.54, 1.807) is 29.1 Å². The van der Waals surface area contributed by atoms with Crippen molar-refractivity contribution in [3.8, 4) is 0 Å². The van der Waals surface area contributed by atoms with Crippen LogP contribution in [0.2, 0.25) is 5.15 Å². The molecule has 0 aliphatic carbocycles. The van der Waals surface area contributed by atoms with E-state index in [-0.39, 0.29) is 23.3 Å². The average molecular weight is 440 g/mol. The highest BCUT2D eigenvalue weighted by atomic mass is 35.5. The maximum absolute atomic E-state index is 12.7. The number of benzene rings is 1. The molecule has 1 fully saturated rings. The number of alkyl halides is 3. The lowest BCUT2D eigenvalue weighted by Crippen LogP contribution is -2.43. The molecule has 5 nitrogen and oxygen atoms in total. The van der Waals surface area contributed by atoms with Crippen molar-refractivity contribution in [2.75, 3.05) is 20.1 Å². The molecule has 0 atom stereocenters. The number of pyridine rings is 1. The molecule has 0 saturated carbocycles. The lowest BCUT2D eigenvalue weighted by Gasteiger charge is -2.33. The van der Waals surface area contributed by atoms with E-state index in [1.807, 2.05) is 6.07 Å². The van der Waals surface area contributed by atoms with Gasteiger partial charge in [0.2, 0.25) is 5.91 Å². The first-order valence-electron chi connectivity index (χ1n) is 9.47. The van der Waals surface area contributed by atoms with Gasteiger partial charge < -0.3 is 9.80 Å². The second-order valence-corrected chi connectivity index (χ2v) is 7.71. The molecule has 9 heteroatoms. The largest absolute Gasteiger partial charge is 0.416 e. The van der Waals surface area contributed by atoms with Crippen molar-refractivity contribution in [2.24, 2.45) is 5.92 Å². The van der Waals surface area contributed by atoms with Crippen LogP contribution in [0.15, 0.2) is 42.6 Å². The molecule has 1 aromatic carbocycles. The zero-order chi connectivity index (χ0) is 21.9. The first-order chi connectivity index (χ1) is 14.1. The Bertz CT molecular complexity index is 893. The topological polar surface area (TPSA) is 53.5 Å². The fourth-order valence-corrected chi connectivity index (χ4v) is 3.59. The van der Waals surface area contributed by atoms with Crippen LogP contribution in [0, 0.1) is 5.92 Å². The van der Waals surface area contributed by atoms with Crippen LogP contribution in [0.3, 0.4) is 0 Å². The summed E-state index contributed by atoms with van der Waals surface area (Å²) >= 11 is 5.77. The van der Waals surface area contributed by atoms with Gasteiger partial charge in [0.05, 0.1) is 5.56 Å². The summed E-state index contributed by atoms with van der Waals surface area (Å²) in [4.78, 5) is 32.5. The smallest absolute Gasteiger partial charge is 0.341 e. The van der Waals surface area contributed by atoms with E-state index >= 15 is 0 Å². The van der Waals surface area contributed by atoms with E-state index in [2.05, 4.69) is 4.98 Å². The van der Waals surface area contributed by atoms with Gasteiger partial charge in [0.15, 0.2) is 0 Å². The normalized spacial score (nSPS) is 15.2. The molecule has 30 heavy (non-hydrogen) atoms. The second-order valence-electron chi connectivity index (χ2n) is 7.33. The maximum atomic E-state index is 12.7. The minimum atomic E-state index is -4.44. The van der Waals surface area contributed by atoms with E-state index in [4.69, 9.17) is 11.6 Å². The average Bonchev–Trinajstić information content (AvgIpc) is 2.74. The summed E-state index contributed by atoms with van der Waals surface area (Å²) in [6, 6.07) is 7.67. The number of rotatable bonds is 4. The predicted molar refractivity (Wildman–Crippen MR) is 106 cm³/mol. The van der Waals surface area contributed by atoms with Gasteiger partial charge in [-0.15, -0.1) is 0 Å². The van der Waals surface area contributed by atoms with Crippen molar-refractivity contribution in [3.05, 3.63) is 64.4 Å². The molecule has 160 valence electrons. The number of halogens is 4. The number of amides is 2. The van der Waals surface area contributed by atoms with Crippen LogP contribution < -0.4 is 0 Å². The monoisotopic (exact) mass is 439 g/mol. The lowest BCUT2D eigenvalue weighted by atomic mass is 9.94. The van der Waals surface area contributed by atoms with Crippen LogP contribution in [0.5, 0.6) is 0 Å². The number of hydrogen-bond acceptors (Lipinski definition) is 3. The van der Waals surface area contributed by atoms with Gasteiger partial charge in [-0.05, 0) is 48.7 Å². The van der Waals surface area contributed by atoms with E-state index in [0.717, 1.165) is 17.7 Å². The molecule has 2 heterocycles. The van der Waals surface area contributed by atoms with E-state index in [1.165, 1.54) is 12.1 Å². The van der Waals surface area contributed by atoms with Gasteiger partial charge in [0, 0.05) is 44.4 Å². The third-order valence-electron chi connectivity index (χ3n) is 5.18. The zero-order valence-corrected chi connectivity index (χ0v) is 17.1. The molecule has 0 bridgehead atoms. The van der Waals surface area contributed by atoms with Gasteiger partial charge in [0.25, 0.3) is 5.91 Å². The van der Waals surface area contributed by atoms with Crippen molar-refractivity contribution in [2.45, 2.75) is 25.6 Å². The van der Waals surface area contributed by atoms with E-state index < -0.39 is 11.7 Å². The molecular weight excluding hydrogens is 419 g/mol. The first kappa shape index (κ1) is 22.1. The van der Waals surface area contributed by atoms with E-state index in [0.29, 0.717) is 37.6 Å². The summed E-state index contributed by atoms with van der Waals surface area (Å²) in [5, 5.41) is 0.387. The fraction of sp³-hybridized carbons (Fsp3) is 0.381. The number of nitrogens with zero attached hydrogens (tertiary/aromatic N) is 3. The quantitative estimate of drug-likeness (QED) is 0.669. The minimum absolute atomic E-state index is 0.00780. The SMILES string of the molecule is CN(Cc1ccc(Cl)nc1)C(=O)C1CCN(C(=O)c2ccc(C(F)(F)F)cc2)CC1. The summed E-state index contributed by atoms with van der Waals surface area (Å²) < 4.78 is 38.0. The maximum Gasteiger partial charge on any atom is 0.416 e. The van der Waals surface area contributed by atoms with Gasteiger partial charge in [-0.2, -0.15) is 13.2 Å². The van der Waals surface area contributed by atoms with Crippen LogP contribution in [-0.4, -0.2) is 46.7 Å². The summed E-state index contributed by atoms with van der Waals surface area (Å²) in [5.41, 5.74) is 0.285. The molecule has 2 amide bonds. The molecule has 1 saturated heterocycles. The van der Waals surface area contributed by atoms with Crippen molar-refractivity contribution >= 4 is 23.4 Å². The fourth-order valence-electron chi connectivity index (χ4n) is 3.48. The summed E-state index contributed by atoms with van der Waals surface area (Å²) in [5.74, 6) is -0.534. The highest BCUT2D eigenvalue weighted by Gasteiger charge is 2.32. The van der Waals surface area contributed by atoms with Crippen LogP contribution in [-0.2, 0) is 17.5 Å². The Morgan fingerprint density at radius 3 is 2.30 bits per heavy atom. The van der Waals surface area contributed by atoms with Gasteiger partial charge in [-0.25, -0.2) is 4.98 Å². The van der Waals surface area contributed by atoms with Gasteiger partial charge >= 0.3 is 6.18 Å². The van der Waals surface area contributed by atoms with Crippen LogP contribution in [0.25, 0.3) is 0 Å². The van der Waals surface area contributed by atoms with Crippen LogP contribution in [0.1, 0.15) is 34.3 Å². The minimum Gasteiger partial charge on any atom is -0.341 e. The van der Waals surface area contributed by atoms with Crippen molar-refractivity contribution < 1.29 is 22.8 Å². The lowest BCUT2D eigenvalue weighted by molar-refractivity contribution is -0.137. The standard InChI is InChI=1S/C21H21ClF3N3O2/c1-27(13-14-2-7-18(22)26-12-14)19(29)16-8-10-28(11-9-16)20(30)15-3-5-17(6-4-15)21(23,24)25/h2-7,12,16H,8-11,13H2,1H3. The molecule has 0 radical (unpaired) electrons. The molecular formula is C21H21ClF3N3O2. The molecule has 2 aromatic rings.